The molecule has 1 amide bonds. The summed E-state index contributed by atoms with van der Waals surface area (Å²) in [5.41, 5.74) is 3.42. The van der Waals surface area contributed by atoms with Gasteiger partial charge in [-0.1, -0.05) is 15.9 Å². The lowest BCUT2D eigenvalue weighted by atomic mass is 10.1. The van der Waals surface area contributed by atoms with Crippen molar-refractivity contribution in [3.63, 3.8) is 0 Å². The maximum Gasteiger partial charge on any atom is 0.255 e. The first-order valence-electron chi connectivity index (χ1n) is 6.23. The molecule has 0 saturated heterocycles. The van der Waals surface area contributed by atoms with Crippen LogP contribution in [0.15, 0.2) is 40.9 Å². The van der Waals surface area contributed by atoms with Gasteiger partial charge < -0.3 is 10.1 Å². The van der Waals surface area contributed by atoms with Gasteiger partial charge in [-0.05, 0) is 61.4 Å². The van der Waals surface area contributed by atoms with Crippen molar-refractivity contribution < 1.29 is 9.53 Å². The quantitative estimate of drug-likeness (QED) is 0.907. The third-order valence-electron chi connectivity index (χ3n) is 3.10. The molecular formula is C16H16BrNO2. The van der Waals surface area contributed by atoms with E-state index in [-0.39, 0.29) is 5.91 Å². The fraction of sp³-hybridized carbons (Fsp3) is 0.188. The summed E-state index contributed by atoms with van der Waals surface area (Å²) >= 11 is 3.43. The predicted molar refractivity (Wildman–Crippen MR) is 84.6 cm³/mol. The van der Waals surface area contributed by atoms with Crippen LogP contribution in [0.3, 0.4) is 0 Å². The van der Waals surface area contributed by atoms with Crippen molar-refractivity contribution >= 4 is 27.5 Å². The molecule has 0 bridgehead atoms. The molecule has 2 rings (SSSR count). The zero-order valence-corrected chi connectivity index (χ0v) is 13.2. The number of hydrogen-bond donors (Lipinski definition) is 1. The summed E-state index contributed by atoms with van der Waals surface area (Å²) in [4.78, 5) is 12.2. The van der Waals surface area contributed by atoms with Crippen molar-refractivity contribution in [2.45, 2.75) is 13.8 Å². The molecule has 0 atom stereocenters. The lowest BCUT2D eigenvalue weighted by Crippen LogP contribution is -2.13. The Hall–Kier alpha value is -1.81. The number of amides is 1. The highest BCUT2D eigenvalue weighted by Gasteiger charge is 2.09. The number of methoxy groups -OCH3 is 1. The minimum atomic E-state index is -0.117. The number of halogens is 1. The van der Waals surface area contributed by atoms with Crippen molar-refractivity contribution in [3.05, 3.63) is 57.6 Å². The van der Waals surface area contributed by atoms with E-state index < -0.39 is 0 Å². The Morgan fingerprint density at radius 3 is 2.45 bits per heavy atom. The molecule has 0 fully saturated rings. The summed E-state index contributed by atoms with van der Waals surface area (Å²) in [5.74, 6) is 0.661. The van der Waals surface area contributed by atoms with Crippen LogP contribution in [0.25, 0.3) is 0 Å². The number of benzene rings is 2. The molecule has 0 aliphatic heterocycles. The van der Waals surface area contributed by atoms with Gasteiger partial charge in [0.2, 0.25) is 0 Å². The van der Waals surface area contributed by atoms with Crippen molar-refractivity contribution in [1.29, 1.82) is 0 Å². The Balaban J connectivity index is 2.21. The van der Waals surface area contributed by atoms with E-state index in [4.69, 9.17) is 4.74 Å². The topological polar surface area (TPSA) is 38.3 Å². The molecule has 104 valence electrons. The van der Waals surface area contributed by atoms with E-state index in [1.54, 1.807) is 13.2 Å². The zero-order valence-electron chi connectivity index (χ0n) is 11.7. The number of aryl methyl sites for hydroxylation is 2. The fourth-order valence-electron chi connectivity index (χ4n) is 1.88. The molecule has 1 N–H and O–H groups in total. The third-order valence-corrected chi connectivity index (χ3v) is 3.99. The fourth-order valence-corrected chi connectivity index (χ4v) is 2.13. The van der Waals surface area contributed by atoms with Crippen LogP contribution in [0, 0.1) is 13.8 Å². The predicted octanol–water partition coefficient (Wildman–Crippen LogP) is 4.33. The van der Waals surface area contributed by atoms with E-state index in [1.165, 1.54) is 0 Å². The maximum absolute atomic E-state index is 12.2. The van der Waals surface area contributed by atoms with E-state index >= 15 is 0 Å². The molecular weight excluding hydrogens is 318 g/mol. The Bertz CT molecular complexity index is 653. The van der Waals surface area contributed by atoms with Crippen LogP contribution in [0.4, 0.5) is 5.69 Å². The summed E-state index contributed by atoms with van der Waals surface area (Å²) in [6, 6.07) is 11.1. The molecule has 0 aliphatic carbocycles. The number of carbonyl (C=O) groups is 1. The second-order valence-corrected chi connectivity index (χ2v) is 5.45. The molecule has 3 nitrogen and oxygen atoms in total. The van der Waals surface area contributed by atoms with Crippen LogP contribution in [-0.2, 0) is 0 Å². The molecule has 0 saturated carbocycles. The summed E-state index contributed by atoms with van der Waals surface area (Å²) < 4.78 is 6.15. The van der Waals surface area contributed by atoms with E-state index in [0.29, 0.717) is 5.56 Å². The molecule has 0 aliphatic rings. The molecule has 0 radical (unpaired) electrons. The first-order valence-corrected chi connectivity index (χ1v) is 7.02. The van der Waals surface area contributed by atoms with E-state index in [0.717, 1.165) is 27.0 Å². The van der Waals surface area contributed by atoms with E-state index in [9.17, 15) is 4.79 Å². The summed E-state index contributed by atoms with van der Waals surface area (Å²) in [6.45, 7) is 3.89. The number of nitrogens with one attached hydrogen (secondary N) is 1. The van der Waals surface area contributed by atoms with Gasteiger partial charge in [0.1, 0.15) is 5.75 Å². The average molecular weight is 334 g/mol. The minimum Gasteiger partial charge on any atom is -0.497 e. The highest BCUT2D eigenvalue weighted by molar-refractivity contribution is 9.10. The Morgan fingerprint density at radius 2 is 1.85 bits per heavy atom. The van der Waals surface area contributed by atoms with Crippen LogP contribution < -0.4 is 10.1 Å². The number of hydrogen-bond acceptors (Lipinski definition) is 2. The van der Waals surface area contributed by atoms with Gasteiger partial charge >= 0.3 is 0 Å². The van der Waals surface area contributed by atoms with Gasteiger partial charge in [0.25, 0.3) is 5.91 Å². The lowest BCUT2D eigenvalue weighted by molar-refractivity contribution is 0.102. The normalized spacial score (nSPS) is 10.2. The highest BCUT2D eigenvalue weighted by Crippen LogP contribution is 2.22. The molecule has 0 heterocycles. The van der Waals surface area contributed by atoms with Crippen LogP contribution in [0.1, 0.15) is 21.5 Å². The second kappa shape index (κ2) is 6.09. The summed E-state index contributed by atoms with van der Waals surface area (Å²) in [6.07, 6.45) is 0. The molecule has 0 unspecified atom stereocenters. The van der Waals surface area contributed by atoms with E-state index in [2.05, 4.69) is 21.2 Å². The van der Waals surface area contributed by atoms with Crippen LogP contribution >= 0.6 is 15.9 Å². The zero-order chi connectivity index (χ0) is 14.7. The van der Waals surface area contributed by atoms with Crippen LogP contribution in [0.5, 0.6) is 5.75 Å². The maximum atomic E-state index is 12.2. The van der Waals surface area contributed by atoms with Gasteiger partial charge in [0.15, 0.2) is 0 Å². The molecule has 20 heavy (non-hydrogen) atoms. The van der Waals surface area contributed by atoms with Crippen molar-refractivity contribution in [1.82, 2.24) is 0 Å². The monoisotopic (exact) mass is 333 g/mol. The standard InChI is InChI=1S/C16H16BrNO2/c1-10-8-12(4-6-14(10)17)16(19)18-15-7-5-13(20-3)9-11(15)2/h4-9H,1-3H3,(H,18,19). The van der Waals surface area contributed by atoms with Gasteiger partial charge in [-0.15, -0.1) is 0 Å². The van der Waals surface area contributed by atoms with Crippen molar-refractivity contribution in [3.8, 4) is 5.75 Å². The SMILES string of the molecule is COc1ccc(NC(=O)c2ccc(Br)c(C)c2)c(C)c1. The number of carbonyl (C=O) groups excluding carboxylic acids is 1. The first kappa shape index (κ1) is 14.6. The van der Waals surface area contributed by atoms with Crippen LogP contribution in [0.2, 0.25) is 0 Å². The highest BCUT2D eigenvalue weighted by atomic mass is 79.9. The van der Waals surface area contributed by atoms with Crippen molar-refractivity contribution in [2.75, 3.05) is 12.4 Å². The third kappa shape index (κ3) is 3.20. The van der Waals surface area contributed by atoms with Gasteiger partial charge in [-0.25, -0.2) is 0 Å². The van der Waals surface area contributed by atoms with Gasteiger partial charge in [-0.3, -0.25) is 4.79 Å². The Labute approximate surface area is 127 Å². The first-order chi connectivity index (χ1) is 9.51. The summed E-state index contributed by atoms with van der Waals surface area (Å²) in [5, 5.41) is 2.91. The largest absolute Gasteiger partial charge is 0.497 e. The van der Waals surface area contributed by atoms with Gasteiger partial charge in [-0.2, -0.15) is 0 Å². The summed E-state index contributed by atoms with van der Waals surface area (Å²) in [7, 11) is 1.62. The molecule has 2 aromatic carbocycles. The molecule has 4 heteroatoms. The minimum absolute atomic E-state index is 0.117. The molecule has 0 spiro atoms. The number of ether oxygens (including phenoxy) is 1. The Morgan fingerprint density at radius 1 is 1.10 bits per heavy atom. The van der Waals surface area contributed by atoms with Gasteiger partial charge in [0, 0.05) is 15.7 Å². The lowest BCUT2D eigenvalue weighted by Gasteiger charge is -2.10. The smallest absolute Gasteiger partial charge is 0.255 e. The Kier molecular flexibility index (Phi) is 4.45. The van der Waals surface area contributed by atoms with E-state index in [1.807, 2.05) is 44.2 Å². The number of rotatable bonds is 3. The number of anilines is 1. The second-order valence-electron chi connectivity index (χ2n) is 4.60. The van der Waals surface area contributed by atoms with Crippen LogP contribution in [-0.4, -0.2) is 13.0 Å². The molecule has 2 aromatic rings. The molecule has 0 aromatic heterocycles. The van der Waals surface area contributed by atoms with Gasteiger partial charge in [0.05, 0.1) is 7.11 Å². The van der Waals surface area contributed by atoms with Crippen molar-refractivity contribution in [2.24, 2.45) is 0 Å². The average Bonchev–Trinajstić information content (AvgIpc) is 2.43.